The zero-order valence-corrected chi connectivity index (χ0v) is 14.7. The van der Waals surface area contributed by atoms with Gasteiger partial charge in [0.15, 0.2) is 0 Å². The summed E-state index contributed by atoms with van der Waals surface area (Å²) in [6.45, 7) is 5.90. The molecular formula is C18H26N4O3. The zero-order valence-electron chi connectivity index (χ0n) is 14.7. The van der Waals surface area contributed by atoms with Gasteiger partial charge in [0.05, 0.1) is 43.7 Å². The monoisotopic (exact) mass is 346 g/mol. The molecule has 1 unspecified atom stereocenters. The van der Waals surface area contributed by atoms with E-state index in [1.165, 1.54) is 6.92 Å². The molecule has 2 aliphatic rings. The highest BCUT2D eigenvalue weighted by molar-refractivity contribution is 5.78. The number of rotatable bonds is 5. The molecule has 7 heteroatoms. The molecular weight excluding hydrogens is 320 g/mol. The van der Waals surface area contributed by atoms with Crippen molar-refractivity contribution in [1.82, 2.24) is 20.1 Å². The van der Waals surface area contributed by atoms with Gasteiger partial charge in [-0.2, -0.15) is 0 Å². The van der Waals surface area contributed by atoms with Crippen LogP contribution in [0.4, 0.5) is 0 Å². The summed E-state index contributed by atoms with van der Waals surface area (Å²) in [6, 6.07) is 6.07. The average molecular weight is 346 g/mol. The van der Waals surface area contributed by atoms with Crippen molar-refractivity contribution < 1.29 is 14.3 Å². The summed E-state index contributed by atoms with van der Waals surface area (Å²) in [4.78, 5) is 32.4. The van der Waals surface area contributed by atoms with E-state index in [4.69, 9.17) is 9.72 Å². The van der Waals surface area contributed by atoms with Crippen LogP contribution in [-0.2, 0) is 20.9 Å². The molecule has 0 aliphatic carbocycles. The number of nitrogens with zero attached hydrogens (tertiary/aromatic N) is 3. The lowest BCUT2D eigenvalue weighted by atomic mass is 10.1. The molecule has 0 spiro atoms. The summed E-state index contributed by atoms with van der Waals surface area (Å²) in [7, 11) is 0. The first-order valence-electron chi connectivity index (χ1n) is 8.93. The first-order chi connectivity index (χ1) is 12.1. The van der Waals surface area contributed by atoms with Crippen LogP contribution in [0.1, 0.15) is 37.2 Å². The van der Waals surface area contributed by atoms with Crippen LogP contribution in [0.25, 0.3) is 0 Å². The van der Waals surface area contributed by atoms with Crippen molar-refractivity contribution in [2.24, 2.45) is 0 Å². The Balaban J connectivity index is 1.63. The summed E-state index contributed by atoms with van der Waals surface area (Å²) in [5, 5.41) is 2.78. The van der Waals surface area contributed by atoms with E-state index in [0.717, 1.165) is 30.8 Å². The van der Waals surface area contributed by atoms with Gasteiger partial charge in [0.1, 0.15) is 0 Å². The topological polar surface area (TPSA) is 74.8 Å². The second-order valence-electron chi connectivity index (χ2n) is 6.59. The molecule has 3 heterocycles. The van der Waals surface area contributed by atoms with E-state index in [1.54, 1.807) is 0 Å². The van der Waals surface area contributed by atoms with Gasteiger partial charge in [-0.15, -0.1) is 0 Å². The Bertz CT molecular complexity index is 616. The van der Waals surface area contributed by atoms with Crippen molar-refractivity contribution in [3.8, 4) is 0 Å². The highest BCUT2D eigenvalue weighted by Gasteiger charge is 2.30. The number of amides is 2. The van der Waals surface area contributed by atoms with Crippen molar-refractivity contribution in [2.75, 3.05) is 39.4 Å². The molecule has 1 N–H and O–H groups in total. The number of ether oxygens (including phenoxy) is 1. The Morgan fingerprint density at radius 1 is 1.28 bits per heavy atom. The van der Waals surface area contributed by atoms with Crippen molar-refractivity contribution >= 4 is 11.8 Å². The van der Waals surface area contributed by atoms with Gasteiger partial charge in [-0.1, -0.05) is 6.07 Å². The van der Waals surface area contributed by atoms with Gasteiger partial charge in [-0.05, 0) is 31.5 Å². The van der Waals surface area contributed by atoms with Crippen molar-refractivity contribution in [3.63, 3.8) is 0 Å². The lowest BCUT2D eigenvalue weighted by molar-refractivity contribution is -0.136. The largest absolute Gasteiger partial charge is 0.378 e. The highest BCUT2D eigenvalue weighted by Crippen LogP contribution is 2.30. The van der Waals surface area contributed by atoms with Crippen LogP contribution < -0.4 is 5.32 Å². The standard InChI is InChI=1S/C18H26N4O3/c1-14(23)19-12-15-4-2-5-16(20-15)17-6-3-7-22(17)13-18(24)21-8-10-25-11-9-21/h2,4-5,17H,3,6-13H2,1H3,(H,19,23). The van der Waals surface area contributed by atoms with E-state index in [0.29, 0.717) is 39.4 Å². The fourth-order valence-corrected chi connectivity index (χ4v) is 3.43. The molecule has 2 amide bonds. The number of carbonyl (C=O) groups excluding carboxylic acids is 2. The minimum Gasteiger partial charge on any atom is -0.378 e. The smallest absolute Gasteiger partial charge is 0.236 e. The number of hydrogen-bond donors (Lipinski definition) is 1. The van der Waals surface area contributed by atoms with Gasteiger partial charge in [0.2, 0.25) is 11.8 Å². The Hall–Kier alpha value is -1.99. The van der Waals surface area contributed by atoms with Crippen molar-refractivity contribution in [3.05, 3.63) is 29.6 Å². The molecule has 7 nitrogen and oxygen atoms in total. The molecule has 2 saturated heterocycles. The quantitative estimate of drug-likeness (QED) is 0.850. The molecule has 0 radical (unpaired) electrons. The number of hydrogen-bond acceptors (Lipinski definition) is 5. The number of likely N-dealkylation sites (tertiary alicyclic amines) is 1. The summed E-state index contributed by atoms with van der Waals surface area (Å²) in [6.07, 6.45) is 2.08. The lowest BCUT2D eigenvalue weighted by Crippen LogP contribution is -2.45. The molecule has 1 aromatic rings. The highest BCUT2D eigenvalue weighted by atomic mass is 16.5. The molecule has 1 aromatic heterocycles. The van der Waals surface area contributed by atoms with Crippen LogP contribution in [0, 0.1) is 0 Å². The first-order valence-corrected chi connectivity index (χ1v) is 8.93. The average Bonchev–Trinajstić information content (AvgIpc) is 3.09. The SMILES string of the molecule is CC(=O)NCc1cccc(C2CCCN2CC(=O)N2CCOCC2)n1. The second kappa shape index (κ2) is 8.40. The number of pyridine rings is 1. The van der Waals surface area contributed by atoms with Crippen LogP contribution in [0.2, 0.25) is 0 Å². The maximum absolute atomic E-state index is 12.5. The maximum Gasteiger partial charge on any atom is 0.236 e. The number of carbonyl (C=O) groups is 2. The molecule has 0 bridgehead atoms. The summed E-state index contributed by atoms with van der Waals surface area (Å²) in [5.41, 5.74) is 1.83. The van der Waals surface area contributed by atoms with E-state index in [9.17, 15) is 9.59 Å². The van der Waals surface area contributed by atoms with E-state index in [1.807, 2.05) is 23.1 Å². The zero-order chi connectivity index (χ0) is 17.6. The Morgan fingerprint density at radius 2 is 2.08 bits per heavy atom. The second-order valence-corrected chi connectivity index (χ2v) is 6.59. The minimum absolute atomic E-state index is 0.0641. The molecule has 1 atom stereocenters. The fraction of sp³-hybridized carbons (Fsp3) is 0.611. The van der Waals surface area contributed by atoms with Crippen LogP contribution in [-0.4, -0.2) is 66.0 Å². The van der Waals surface area contributed by atoms with E-state index >= 15 is 0 Å². The van der Waals surface area contributed by atoms with Gasteiger partial charge in [-0.25, -0.2) is 0 Å². The Labute approximate surface area is 148 Å². The Morgan fingerprint density at radius 3 is 2.84 bits per heavy atom. The van der Waals surface area contributed by atoms with Gasteiger partial charge < -0.3 is 15.0 Å². The van der Waals surface area contributed by atoms with Gasteiger partial charge in [0, 0.05) is 20.0 Å². The number of morpholine rings is 1. The molecule has 2 fully saturated rings. The predicted molar refractivity (Wildman–Crippen MR) is 92.7 cm³/mol. The summed E-state index contributed by atoms with van der Waals surface area (Å²) < 4.78 is 5.32. The van der Waals surface area contributed by atoms with E-state index < -0.39 is 0 Å². The first kappa shape index (κ1) is 17.8. The molecule has 3 rings (SSSR count). The normalized spacial score (nSPS) is 21.3. The Kier molecular flexibility index (Phi) is 5.99. The fourth-order valence-electron chi connectivity index (χ4n) is 3.43. The third-order valence-electron chi connectivity index (χ3n) is 4.75. The van der Waals surface area contributed by atoms with Crippen LogP contribution in [0.5, 0.6) is 0 Å². The summed E-state index contributed by atoms with van der Waals surface area (Å²) >= 11 is 0. The number of nitrogens with one attached hydrogen (secondary N) is 1. The third-order valence-corrected chi connectivity index (χ3v) is 4.75. The lowest BCUT2D eigenvalue weighted by Gasteiger charge is -2.30. The van der Waals surface area contributed by atoms with Gasteiger partial charge in [0.25, 0.3) is 0 Å². The number of aromatic nitrogens is 1. The van der Waals surface area contributed by atoms with Crippen LogP contribution in [0.3, 0.4) is 0 Å². The molecule has 0 aromatic carbocycles. The summed E-state index contributed by atoms with van der Waals surface area (Å²) in [5.74, 6) is 0.107. The maximum atomic E-state index is 12.5. The third kappa shape index (κ3) is 4.76. The van der Waals surface area contributed by atoms with Crippen molar-refractivity contribution in [1.29, 1.82) is 0 Å². The molecule has 136 valence electrons. The molecule has 2 aliphatic heterocycles. The van der Waals surface area contributed by atoms with Crippen LogP contribution in [0.15, 0.2) is 18.2 Å². The van der Waals surface area contributed by atoms with E-state index in [-0.39, 0.29) is 17.9 Å². The van der Waals surface area contributed by atoms with Crippen molar-refractivity contribution in [2.45, 2.75) is 32.4 Å². The van der Waals surface area contributed by atoms with Gasteiger partial charge in [-0.3, -0.25) is 19.5 Å². The molecule has 25 heavy (non-hydrogen) atoms. The van der Waals surface area contributed by atoms with Crippen LogP contribution >= 0.6 is 0 Å². The predicted octanol–water partition coefficient (Wildman–Crippen LogP) is 0.713. The molecule has 0 saturated carbocycles. The van der Waals surface area contributed by atoms with E-state index in [2.05, 4.69) is 10.2 Å². The van der Waals surface area contributed by atoms with Gasteiger partial charge >= 0.3 is 0 Å². The minimum atomic E-state index is -0.0641.